The van der Waals surface area contributed by atoms with Crippen molar-refractivity contribution in [2.75, 3.05) is 14.1 Å². The highest BCUT2D eigenvalue weighted by Gasteiger charge is 2.55. The maximum absolute atomic E-state index is 13.5. The molecule has 0 spiro atoms. The summed E-state index contributed by atoms with van der Waals surface area (Å²) in [4.78, 5) is 52.3. The van der Waals surface area contributed by atoms with Crippen molar-refractivity contribution in [3.8, 4) is 5.75 Å². The van der Waals surface area contributed by atoms with E-state index in [2.05, 4.69) is 0 Å². The summed E-state index contributed by atoms with van der Waals surface area (Å²) in [5, 5.41) is 32.1. The van der Waals surface area contributed by atoms with E-state index in [1.165, 1.54) is 19.1 Å². The van der Waals surface area contributed by atoms with Crippen molar-refractivity contribution >= 4 is 29.0 Å². The summed E-state index contributed by atoms with van der Waals surface area (Å²) in [7, 11) is 3.31. The van der Waals surface area contributed by atoms with Gasteiger partial charge in [-0.1, -0.05) is 0 Å². The van der Waals surface area contributed by atoms with E-state index < -0.39 is 58.4 Å². The number of primary amides is 1. The molecule has 32 heavy (non-hydrogen) atoms. The number of phenolic OH excluding ortho intramolecular Hbond substituents is 1. The summed E-state index contributed by atoms with van der Waals surface area (Å²) in [6, 6.07) is 1.95. The first-order valence-electron chi connectivity index (χ1n) is 10.2. The second kappa shape index (κ2) is 7.30. The third kappa shape index (κ3) is 2.88. The summed E-state index contributed by atoms with van der Waals surface area (Å²) in [6.45, 7) is 1.38. The molecule has 1 fully saturated rings. The van der Waals surface area contributed by atoms with Gasteiger partial charge in [-0.25, -0.2) is 0 Å². The third-order valence-electron chi connectivity index (χ3n) is 6.83. The molecule has 0 aliphatic heterocycles. The molecule has 4 rings (SSSR count). The summed E-state index contributed by atoms with van der Waals surface area (Å²) < 4.78 is 0. The highest BCUT2D eigenvalue weighted by molar-refractivity contribution is 6.28. The molecule has 9 nitrogen and oxygen atoms in total. The van der Waals surface area contributed by atoms with Crippen LogP contribution in [0.15, 0.2) is 29.0 Å². The Morgan fingerprint density at radius 1 is 1.09 bits per heavy atom. The lowest BCUT2D eigenvalue weighted by atomic mass is 9.59. The highest BCUT2D eigenvalue weighted by Crippen LogP contribution is 2.50. The van der Waals surface area contributed by atoms with Gasteiger partial charge in [0, 0.05) is 11.1 Å². The number of phenols is 1. The Hall–Kier alpha value is -3.46. The largest absolute Gasteiger partial charge is 0.510 e. The average Bonchev–Trinajstić information content (AvgIpc) is 2.66. The fourth-order valence-corrected chi connectivity index (χ4v) is 5.60. The Morgan fingerprint density at radius 2 is 1.75 bits per heavy atom. The zero-order valence-corrected chi connectivity index (χ0v) is 17.9. The molecule has 1 unspecified atom stereocenters. The fourth-order valence-electron chi connectivity index (χ4n) is 5.60. The Kier molecular flexibility index (Phi) is 4.97. The van der Waals surface area contributed by atoms with Crippen LogP contribution in [0.4, 0.5) is 0 Å². The molecule has 1 aromatic carbocycles. The van der Waals surface area contributed by atoms with Crippen LogP contribution in [0.2, 0.25) is 0 Å². The van der Waals surface area contributed by atoms with Crippen LogP contribution >= 0.6 is 0 Å². The number of carbonyl (C=O) groups excluding carboxylic acids is 4. The summed E-state index contributed by atoms with van der Waals surface area (Å²) in [5.41, 5.74) is 5.51. The topological polar surface area (TPSA) is 158 Å². The van der Waals surface area contributed by atoms with E-state index in [4.69, 9.17) is 5.73 Å². The number of amides is 1. The standard InChI is InChI=1S/C23H24N2O7/c1-8(26)10-4-5-13(27)15-11(10)6-9-7-12-16(20(29)14(9)19(15)28)21(30)17(23(24)32)22(31)18(12)25(2)3/h4-5,9,12,16,18,27-28,31H,6-7H2,1-3H3,(H2,24,32)/t9-,12+,16?,18+/m0/s1. The van der Waals surface area contributed by atoms with Gasteiger partial charge in [-0.3, -0.25) is 24.1 Å². The molecule has 0 aromatic heterocycles. The van der Waals surface area contributed by atoms with Crippen molar-refractivity contribution in [1.82, 2.24) is 4.90 Å². The molecule has 0 saturated heterocycles. The number of hydrogen-bond donors (Lipinski definition) is 4. The number of fused-ring (bicyclic) bond motifs is 3. The number of aromatic hydroxyl groups is 1. The van der Waals surface area contributed by atoms with Gasteiger partial charge in [0.25, 0.3) is 5.91 Å². The molecule has 5 N–H and O–H groups in total. The minimum atomic E-state index is -1.30. The smallest absolute Gasteiger partial charge is 0.255 e. The summed E-state index contributed by atoms with van der Waals surface area (Å²) in [5.74, 6) is -6.59. The second-order valence-corrected chi connectivity index (χ2v) is 8.84. The number of allylic oxidation sites excluding steroid dienone is 1. The third-order valence-corrected chi connectivity index (χ3v) is 6.83. The van der Waals surface area contributed by atoms with Crippen molar-refractivity contribution in [3.05, 3.63) is 45.7 Å². The second-order valence-electron chi connectivity index (χ2n) is 8.84. The molecule has 0 heterocycles. The van der Waals surface area contributed by atoms with Crippen molar-refractivity contribution in [2.24, 2.45) is 23.5 Å². The Labute approximate surface area is 183 Å². The molecular formula is C23H24N2O7. The van der Waals surface area contributed by atoms with Crippen LogP contribution in [-0.4, -0.2) is 63.6 Å². The quantitative estimate of drug-likeness (QED) is 0.308. The number of nitrogens with zero attached hydrogens (tertiary/aromatic N) is 1. The van der Waals surface area contributed by atoms with E-state index in [1.54, 1.807) is 19.0 Å². The van der Waals surface area contributed by atoms with Crippen molar-refractivity contribution in [3.63, 3.8) is 0 Å². The van der Waals surface area contributed by atoms with Crippen molar-refractivity contribution < 1.29 is 34.5 Å². The lowest BCUT2D eigenvalue weighted by Crippen LogP contribution is -2.55. The number of benzene rings is 1. The first-order chi connectivity index (χ1) is 15.0. The van der Waals surface area contributed by atoms with Gasteiger partial charge in [0.2, 0.25) is 0 Å². The van der Waals surface area contributed by atoms with Crippen LogP contribution < -0.4 is 5.73 Å². The molecule has 3 aliphatic carbocycles. The number of likely N-dealkylation sites (N-methyl/N-ethyl adjacent to an activating group) is 1. The zero-order chi connectivity index (χ0) is 23.6. The number of Topliss-reactive ketones (excluding diaryl/α,β-unsaturated/α-hetero) is 3. The van der Waals surface area contributed by atoms with Gasteiger partial charge in [-0.2, -0.15) is 0 Å². The van der Waals surface area contributed by atoms with Crippen LogP contribution in [-0.2, 0) is 20.8 Å². The number of carbonyl (C=O) groups is 4. The molecule has 0 bridgehead atoms. The Morgan fingerprint density at radius 3 is 2.31 bits per heavy atom. The Balaban J connectivity index is 1.92. The number of nitrogens with two attached hydrogens (primary N) is 1. The van der Waals surface area contributed by atoms with Gasteiger partial charge >= 0.3 is 0 Å². The van der Waals surface area contributed by atoms with Gasteiger partial charge in [0.1, 0.15) is 22.8 Å². The van der Waals surface area contributed by atoms with E-state index in [0.29, 0.717) is 11.1 Å². The molecule has 168 valence electrons. The van der Waals surface area contributed by atoms with Crippen molar-refractivity contribution in [1.29, 1.82) is 0 Å². The zero-order valence-electron chi connectivity index (χ0n) is 17.9. The maximum atomic E-state index is 13.5. The monoisotopic (exact) mass is 440 g/mol. The fraction of sp³-hybridized carbons (Fsp3) is 0.391. The van der Waals surface area contributed by atoms with Gasteiger partial charge in [-0.05, 0) is 63.4 Å². The molecule has 9 heteroatoms. The van der Waals surface area contributed by atoms with Gasteiger partial charge in [0.15, 0.2) is 17.3 Å². The highest BCUT2D eigenvalue weighted by atomic mass is 16.3. The predicted molar refractivity (Wildman–Crippen MR) is 113 cm³/mol. The minimum absolute atomic E-state index is 0.00850. The molecule has 1 amide bonds. The first kappa shape index (κ1) is 21.8. The van der Waals surface area contributed by atoms with Crippen LogP contribution in [0, 0.1) is 17.8 Å². The Bertz CT molecular complexity index is 1160. The summed E-state index contributed by atoms with van der Waals surface area (Å²) in [6.07, 6.45) is 0.446. The van der Waals surface area contributed by atoms with Gasteiger partial charge < -0.3 is 21.1 Å². The maximum Gasteiger partial charge on any atom is 0.255 e. The SMILES string of the molecule is CC(=O)c1ccc(O)c2c1C[C@H]1C[C@@H]3C(C(=O)C(C(N)=O)=C(O)[C@@H]3N(C)C)C(=O)C1=C2O. The van der Waals surface area contributed by atoms with Crippen LogP contribution in [0.1, 0.15) is 34.8 Å². The number of rotatable bonds is 3. The molecular weight excluding hydrogens is 416 g/mol. The average molecular weight is 440 g/mol. The van der Waals surface area contributed by atoms with E-state index >= 15 is 0 Å². The molecule has 0 radical (unpaired) electrons. The first-order valence-corrected chi connectivity index (χ1v) is 10.2. The number of ketones is 3. The molecule has 4 atom stereocenters. The van der Waals surface area contributed by atoms with E-state index in [-0.39, 0.29) is 35.5 Å². The summed E-state index contributed by atoms with van der Waals surface area (Å²) >= 11 is 0. The van der Waals surface area contributed by atoms with E-state index in [0.717, 1.165) is 0 Å². The van der Waals surface area contributed by atoms with E-state index in [9.17, 15) is 34.5 Å². The lowest BCUT2D eigenvalue weighted by molar-refractivity contribution is -0.136. The predicted octanol–water partition coefficient (Wildman–Crippen LogP) is 1.05. The van der Waals surface area contributed by atoms with Gasteiger partial charge in [0.05, 0.1) is 17.5 Å². The van der Waals surface area contributed by atoms with Crippen LogP contribution in [0.3, 0.4) is 0 Å². The van der Waals surface area contributed by atoms with Crippen molar-refractivity contribution in [2.45, 2.75) is 25.8 Å². The van der Waals surface area contributed by atoms with Gasteiger partial charge in [-0.15, -0.1) is 0 Å². The van der Waals surface area contributed by atoms with E-state index in [1.807, 2.05) is 0 Å². The number of aliphatic hydroxyl groups is 2. The number of aliphatic hydroxyl groups excluding tert-OH is 2. The molecule has 1 aromatic rings. The molecule has 3 aliphatic rings. The number of hydrogen-bond acceptors (Lipinski definition) is 8. The minimum Gasteiger partial charge on any atom is -0.510 e. The normalized spacial score (nSPS) is 27.2. The molecule has 1 saturated carbocycles. The van der Waals surface area contributed by atoms with Crippen LogP contribution in [0.5, 0.6) is 5.75 Å². The lowest BCUT2D eigenvalue weighted by Gasteiger charge is -2.46. The van der Waals surface area contributed by atoms with Crippen LogP contribution in [0.25, 0.3) is 5.76 Å².